The number of carbonyl (C=O) groups excluding carboxylic acids is 1. The van der Waals surface area contributed by atoms with Crippen LogP contribution in [0.1, 0.15) is 29.4 Å². The van der Waals surface area contributed by atoms with Crippen LogP contribution in [0.15, 0.2) is 47.8 Å². The number of rotatable bonds is 6. The van der Waals surface area contributed by atoms with Gasteiger partial charge in [-0.25, -0.2) is 0 Å². The first kappa shape index (κ1) is 14.9. The molecular weight excluding hydrogens is 292 g/mol. The van der Waals surface area contributed by atoms with Crippen LogP contribution < -0.4 is 5.32 Å². The summed E-state index contributed by atoms with van der Waals surface area (Å²) in [4.78, 5) is 12.4. The molecule has 0 radical (unpaired) electrons. The first-order valence-electron chi connectivity index (χ1n) is 7.68. The van der Waals surface area contributed by atoms with E-state index in [0.717, 1.165) is 30.6 Å². The fraction of sp³-hybridized carbons (Fsp3) is 0.278. The van der Waals surface area contributed by atoms with E-state index in [2.05, 4.69) is 52.5 Å². The van der Waals surface area contributed by atoms with Crippen LogP contribution in [0.5, 0.6) is 0 Å². The Bertz CT molecular complexity index is 758. The van der Waals surface area contributed by atoms with Crippen LogP contribution in [0.3, 0.4) is 0 Å². The molecule has 1 aromatic carbocycles. The van der Waals surface area contributed by atoms with Crippen molar-refractivity contribution < 1.29 is 4.79 Å². The maximum Gasteiger partial charge on any atom is 0.267 e. The first-order valence-corrected chi connectivity index (χ1v) is 8.56. The summed E-state index contributed by atoms with van der Waals surface area (Å²) in [6, 6.07) is 14.4. The SMILES string of the molecule is CCn1c(C(=O)NCCCc2ccccc2)cc2sccc21. The molecular formula is C18H20N2OS. The number of fused-ring (bicyclic) bond motifs is 1. The van der Waals surface area contributed by atoms with Gasteiger partial charge in [0.1, 0.15) is 5.69 Å². The third-order valence-electron chi connectivity index (χ3n) is 3.84. The highest BCUT2D eigenvalue weighted by atomic mass is 32.1. The molecule has 1 N–H and O–H groups in total. The molecule has 0 fully saturated rings. The lowest BCUT2D eigenvalue weighted by Gasteiger charge is -2.08. The van der Waals surface area contributed by atoms with Crippen molar-refractivity contribution in [3.63, 3.8) is 0 Å². The largest absolute Gasteiger partial charge is 0.351 e. The van der Waals surface area contributed by atoms with Gasteiger partial charge in [0.05, 0.1) is 10.2 Å². The van der Waals surface area contributed by atoms with Crippen molar-refractivity contribution in [2.75, 3.05) is 6.54 Å². The summed E-state index contributed by atoms with van der Waals surface area (Å²) in [7, 11) is 0. The topological polar surface area (TPSA) is 34.0 Å². The zero-order valence-electron chi connectivity index (χ0n) is 12.7. The summed E-state index contributed by atoms with van der Waals surface area (Å²) in [5, 5.41) is 5.11. The monoisotopic (exact) mass is 312 g/mol. The quantitative estimate of drug-likeness (QED) is 0.684. The van der Waals surface area contributed by atoms with Crippen molar-refractivity contribution in [3.8, 4) is 0 Å². The smallest absolute Gasteiger partial charge is 0.267 e. The van der Waals surface area contributed by atoms with E-state index in [9.17, 15) is 4.79 Å². The number of aryl methyl sites for hydroxylation is 2. The minimum absolute atomic E-state index is 0.0262. The number of benzene rings is 1. The van der Waals surface area contributed by atoms with Crippen LogP contribution in [0.2, 0.25) is 0 Å². The van der Waals surface area contributed by atoms with Crippen LogP contribution in [-0.4, -0.2) is 17.0 Å². The summed E-state index contributed by atoms with van der Waals surface area (Å²) in [6.45, 7) is 3.59. The maximum absolute atomic E-state index is 12.4. The third-order valence-corrected chi connectivity index (χ3v) is 4.70. The summed E-state index contributed by atoms with van der Waals surface area (Å²) >= 11 is 1.68. The molecule has 2 aromatic heterocycles. The molecule has 0 saturated heterocycles. The van der Waals surface area contributed by atoms with Crippen molar-refractivity contribution in [1.29, 1.82) is 0 Å². The Morgan fingerprint density at radius 2 is 2.05 bits per heavy atom. The molecule has 114 valence electrons. The van der Waals surface area contributed by atoms with E-state index >= 15 is 0 Å². The Morgan fingerprint density at radius 1 is 1.23 bits per heavy atom. The Balaban J connectivity index is 1.58. The van der Waals surface area contributed by atoms with Crippen molar-refractivity contribution in [3.05, 3.63) is 59.1 Å². The lowest BCUT2D eigenvalue weighted by Crippen LogP contribution is -2.27. The Hall–Kier alpha value is -2.07. The zero-order chi connectivity index (χ0) is 15.4. The van der Waals surface area contributed by atoms with Gasteiger partial charge in [-0.2, -0.15) is 0 Å². The van der Waals surface area contributed by atoms with E-state index in [1.54, 1.807) is 11.3 Å². The van der Waals surface area contributed by atoms with Crippen LogP contribution >= 0.6 is 11.3 Å². The number of aromatic nitrogens is 1. The molecule has 0 unspecified atom stereocenters. The number of thiophene rings is 1. The fourth-order valence-electron chi connectivity index (χ4n) is 2.74. The molecule has 0 bridgehead atoms. The first-order chi connectivity index (χ1) is 10.8. The predicted molar refractivity (Wildman–Crippen MR) is 92.6 cm³/mol. The maximum atomic E-state index is 12.4. The fourth-order valence-corrected chi connectivity index (χ4v) is 3.56. The van der Waals surface area contributed by atoms with Gasteiger partial charge >= 0.3 is 0 Å². The van der Waals surface area contributed by atoms with Crippen LogP contribution in [0, 0.1) is 0 Å². The molecule has 3 rings (SSSR count). The number of amides is 1. The molecule has 4 heteroatoms. The number of hydrogen-bond donors (Lipinski definition) is 1. The van der Waals surface area contributed by atoms with E-state index in [4.69, 9.17) is 0 Å². The van der Waals surface area contributed by atoms with Gasteiger partial charge in [0, 0.05) is 13.1 Å². The van der Waals surface area contributed by atoms with Gasteiger partial charge in [0.2, 0.25) is 0 Å². The van der Waals surface area contributed by atoms with Crippen LogP contribution in [0.25, 0.3) is 10.2 Å². The van der Waals surface area contributed by atoms with Gasteiger partial charge < -0.3 is 9.88 Å². The molecule has 0 aliphatic rings. The highest BCUT2D eigenvalue weighted by molar-refractivity contribution is 7.17. The second-order valence-electron chi connectivity index (χ2n) is 5.29. The number of nitrogens with zero attached hydrogens (tertiary/aromatic N) is 1. The molecule has 0 atom stereocenters. The Kier molecular flexibility index (Phi) is 4.59. The second kappa shape index (κ2) is 6.79. The van der Waals surface area contributed by atoms with Crippen LogP contribution in [-0.2, 0) is 13.0 Å². The van der Waals surface area contributed by atoms with E-state index in [0.29, 0.717) is 6.54 Å². The summed E-state index contributed by atoms with van der Waals surface area (Å²) < 4.78 is 3.26. The zero-order valence-corrected chi connectivity index (χ0v) is 13.5. The normalized spacial score (nSPS) is 11.0. The van der Waals surface area contributed by atoms with Crippen molar-refractivity contribution in [1.82, 2.24) is 9.88 Å². The molecule has 0 aliphatic carbocycles. The average Bonchev–Trinajstić information content (AvgIpc) is 3.12. The van der Waals surface area contributed by atoms with Crippen LogP contribution in [0.4, 0.5) is 0 Å². The predicted octanol–water partition coefficient (Wildman–Crippen LogP) is 4.09. The summed E-state index contributed by atoms with van der Waals surface area (Å²) in [6.07, 6.45) is 1.95. The number of hydrogen-bond acceptors (Lipinski definition) is 2. The van der Waals surface area contributed by atoms with Crippen molar-refractivity contribution in [2.24, 2.45) is 0 Å². The minimum Gasteiger partial charge on any atom is -0.351 e. The highest BCUT2D eigenvalue weighted by Crippen LogP contribution is 2.25. The Labute approximate surface area is 134 Å². The van der Waals surface area contributed by atoms with E-state index < -0.39 is 0 Å². The molecule has 0 spiro atoms. The molecule has 3 nitrogen and oxygen atoms in total. The molecule has 22 heavy (non-hydrogen) atoms. The number of nitrogens with one attached hydrogen (secondary N) is 1. The standard InChI is InChI=1S/C18H20N2OS/c1-2-20-15-10-12-22-17(15)13-16(20)18(21)19-11-6-9-14-7-4-3-5-8-14/h3-5,7-8,10,12-13H,2,6,9,11H2,1H3,(H,19,21). The van der Waals surface area contributed by atoms with E-state index in [1.165, 1.54) is 10.3 Å². The number of carbonyl (C=O) groups is 1. The Morgan fingerprint density at radius 3 is 2.82 bits per heavy atom. The van der Waals surface area contributed by atoms with Gasteiger partial charge in [0.25, 0.3) is 5.91 Å². The lowest BCUT2D eigenvalue weighted by atomic mass is 10.1. The molecule has 0 aliphatic heterocycles. The average molecular weight is 312 g/mol. The molecule has 1 amide bonds. The lowest BCUT2D eigenvalue weighted by molar-refractivity contribution is 0.0944. The molecule has 2 heterocycles. The summed E-state index contributed by atoms with van der Waals surface area (Å²) in [5.41, 5.74) is 3.24. The highest BCUT2D eigenvalue weighted by Gasteiger charge is 2.14. The van der Waals surface area contributed by atoms with Gasteiger partial charge in [-0.1, -0.05) is 30.3 Å². The molecule has 0 saturated carbocycles. The van der Waals surface area contributed by atoms with Gasteiger partial charge in [-0.15, -0.1) is 11.3 Å². The molecule has 3 aromatic rings. The van der Waals surface area contributed by atoms with E-state index in [1.807, 2.05) is 12.1 Å². The second-order valence-corrected chi connectivity index (χ2v) is 6.24. The van der Waals surface area contributed by atoms with E-state index in [-0.39, 0.29) is 5.91 Å². The van der Waals surface area contributed by atoms with Crippen molar-refractivity contribution in [2.45, 2.75) is 26.3 Å². The summed E-state index contributed by atoms with van der Waals surface area (Å²) in [5.74, 6) is 0.0262. The van der Waals surface area contributed by atoms with Gasteiger partial charge in [-0.05, 0) is 42.8 Å². The minimum atomic E-state index is 0.0262. The van der Waals surface area contributed by atoms with Crippen molar-refractivity contribution >= 4 is 27.5 Å². The van der Waals surface area contributed by atoms with Gasteiger partial charge in [0.15, 0.2) is 0 Å². The van der Waals surface area contributed by atoms with Gasteiger partial charge in [-0.3, -0.25) is 4.79 Å². The third kappa shape index (κ3) is 3.07.